The monoisotopic (exact) mass is 250 g/mol. The van der Waals surface area contributed by atoms with Crippen molar-refractivity contribution in [1.29, 1.82) is 0 Å². The van der Waals surface area contributed by atoms with Gasteiger partial charge in [0.25, 0.3) is 0 Å². The van der Waals surface area contributed by atoms with Gasteiger partial charge in [-0.25, -0.2) is 4.98 Å². The fourth-order valence-electron chi connectivity index (χ4n) is 2.59. The van der Waals surface area contributed by atoms with E-state index in [9.17, 15) is 0 Å². The average molecular weight is 251 g/mol. The number of fused-ring (bicyclic) bond motifs is 1. The van der Waals surface area contributed by atoms with E-state index in [4.69, 9.17) is 11.6 Å². The molecule has 0 amide bonds. The number of hydrogen-bond donors (Lipinski definition) is 0. The zero-order chi connectivity index (χ0) is 11.8. The lowest BCUT2D eigenvalue weighted by Gasteiger charge is -2.24. The van der Waals surface area contributed by atoms with Crippen LogP contribution in [-0.4, -0.2) is 19.6 Å². The Morgan fingerprint density at radius 1 is 1.24 bits per heavy atom. The summed E-state index contributed by atoms with van der Waals surface area (Å²) in [5, 5.41) is 8.93. The van der Waals surface area contributed by atoms with Gasteiger partial charge >= 0.3 is 0 Å². The third kappa shape index (κ3) is 2.02. The molecule has 2 aromatic rings. The van der Waals surface area contributed by atoms with Gasteiger partial charge in [-0.2, -0.15) is 0 Å². The van der Waals surface area contributed by atoms with Gasteiger partial charge in [0.2, 0.25) is 0 Å². The molecule has 0 unspecified atom stereocenters. The summed E-state index contributed by atoms with van der Waals surface area (Å²) < 4.78 is 1.96. The van der Waals surface area contributed by atoms with Crippen LogP contribution in [0, 0.1) is 5.92 Å². The highest BCUT2D eigenvalue weighted by molar-refractivity contribution is 6.29. The number of halogens is 1. The summed E-state index contributed by atoms with van der Waals surface area (Å²) >= 11 is 5.84. The molecule has 1 saturated carbocycles. The van der Waals surface area contributed by atoms with E-state index in [1.54, 1.807) is 12.4 Å². The molecule has 0 radical (unpaired) electrons. The van der Waals surface area contributed by atoms with Crippen molar-refractivity contribution in [3.05, 3.63) is 23.4 Å². The predicted molar refractivity (Wildman–Crippen MR) is 66.2 cm³/mol. The van der Waals surface area contributed by atoms with E-state index in [-0.39, 0.29) is 0 Å². The second-order valence-electron chi connectivity index (χ2n) is 4.95. The van der Waals surface area contributed by atoms with E-state index in [0.717, 1.165) is 17.4 Å². The summed E-state index contributed by atoms with van der Waals surface area (Å²) in [6, 6.07) is 1.75. The molecule has 2 heterocycles. The van der Waals surface area contributed by atoms with E-state index in [1.807, 2.05) is 4.40 Å². The van der Waals surface area contributed by atoms with E-state index < -0.39 is 0 Å². The van der Waals surface area contributed by atoms with Gasteiger partial charge in [-0.15, -0.1) is 10.2 Å². The molecule has 4 nitrogen and oxygen atoms in total. The predicted octanol–water partition coefficient (Wildman–Crippen LogP) is 3.07. The van der Waals surface area contributed by atoms with Crippen molar-refractivity contribution in [2.24, 2.45) is 5.92 Å². The van der Waals surface area contributed by atoms with Crippen LogP contribution in [0.3, 0.4) is 0 Å². The molecular formula is C12H15ClN4. The first-order chi connectivity index (χ1) is 8.24. The molecule has 1 fully saturated rings. The Bertz CT molecular complexity index is 528. The zero-order valence-corrected chi connectivity index (χ0v) is 10.6. The maximum atomic E-state index is 5.84. The Labute approximate surface area is 105 Å². The first kappa shape index (κ1) is 11.0. The molecule has 0 N–H and O–H groups in total. The van der Waals surface area contributed by atoms with Crippen molar-refractivity contribution in [2.45, 2.75) is 38.5 Å². The summed E-state index contributed by atoms with van der Waals surface area (Å²) in [7, 11) is 0. The quantitative estimate of drug-likeness (QED) is 0.731. The van der Waals surface area contributed by atoms with Crippen LogP contribution in [0.25, 0.3) is 5.65 Å². The minimum absolute atomic E-state index is 0.466. The topological polar surface area (TPSA) is 43.1 Å². The molecule has 0 bridgehead atoms. The van der Waals surface area contributed by atoms with E-state index in [2.05, 4.69) is 22.1 Å². The smallest absolute Gasteiger partial charge is 0.165 e. The molecule has 2 aromatic heterocycles. The Morgan fingerprint density at radius 2 is 2.00 bits per heavy atom. The first-order valence-electron chi connectivity index (χ1n) is 6.10. The highest BCUT2D eigenvalue weighted by Crippen LogP contribution is 2.34. The number of nitrogens with zero attached hydrogens (tertiary/aromatic N) is 4. The van der Waals surface area contributed by atoms with Crippen molar-refractivity contribution in [1.82, 2.24) is 19.6 Å². The van der Waals surface area contributed by atoms with Crippen LogP contribution in [0.5, 0.6) is 0 Å². The fraction of sp³-hybridized carbons (Fsp3) is 0.583. The van der Waals surface area contributed by atoms with Crippen LogP contribution in [0.2, 0.25) is 5.15 Å². The van der Waals surface area contributed by atoms with Gasteiger partial charge in [0, 0.05) is 12.0 Å². The van der Waals surface area contributed by atoms with Crippen LogP contribution in [-0.2, 0) is 0 Å². The summed E-state index contributed by atoms with van der Waals surface area (Å²) in [6.45, 7) is 2.32. The average Bonchev–Trinajstić information content (AvgIpc) is 2.73. The van der Waals surface area contributed by atoms with Crippen LogP contribution in [0.4, 0.5) is 0 Å². The van der Waals surface area contributed by atoms with Crippen LogP contribution >= 0.6 is 11.6 Å². The summed E-state index contributed by atoms with van der Waals surface area (Å²) in [4.78, 5) is 4.10. The summed E-state index contributed by atoms with van der Waals surface area (Å²) in [6.07, 6.45) is 6.68. The lowest BCUT2D eigenvalue weighted by atomic mass is 9.82. The van der Waals surface area contributed by atoms with Crippen molar-refractivity contribution in [3.63, 3.8) is 0 Å². The van der Waals surface area contributed by atoms with Gasteiger partial charge < -0.3 is 0 Å². The molecule has 90 valence electrons. The molecule has 1 aliphatic rings. The third-order valence-corrected chi connectivity index (χ3v) is 3.88. The van der Waals surface area contributed by atoms with Crippen molar-refractivity contribution in [2.75, 3.05) is 0 Å². The molecule has 1 aliphatic carbocycles. The van der Waals surface area contributed by atoms with Crippen molar-refractivity contribution in [3.8, 4) is 0 Å². The molecule has 0 aromatic carbocycles. The number of rotatable bonds is 1. The molecule has 0 atom stereocenters. The van der Waals surface area contributed by atoms with E-state index in [1.165, 1.54) is 25.7 Å². The van der Waals surface area contributed by atoms with Gasteiger partial charge in [0.15, 0.2) is 5.65 Å². The maximum absolute atomic E-state index is 5.84. The maximum Gasteiger partial charge on any atom is 0.165 e. The third-order valence-electron chi connectivity index (χ3n) is 3.67. The van der Waals surface area contributed by atoms with E-state index >= 15 is 0 Å². The Kier molecular flexibility index (Phi) is 2.74. The Hall–Kier alpha value is -1.16. The Balaban J connectivity index is 1.95. The van der Waals surface area contributed by atoms with Crippen molar-refractivity contribution >= 4 is 17.2 Å². The van der Waals surface area contributed by atoms with Gasteiger partial charge in [-0.1, -0.05) is 31.4 Å². The minimum atomic E-state index is 0.466. The molecule has 0 saturated heterocycles. The minimum Gasteiger partial charge on any atom is -0.269 e. The molecule has 0 aliphatic heterocycles. The molecule has 0 spiro atoms. The highest BCUT2D eigenvalue weighted by atomic mass is 35.5. The summed E-state index contributed by atoms with van der Waals surface area (Å²) in [5.74, 6) is 2.40. The van der Waals surface area contributed by atoms with Crippen LogP contribution < -0.4 is 0 Å². The lowest BCUT2D eigenvalue weighted by molar-refractivity contribution is 0.338. The second kappa shape index (κ2) is 4.26. The van der Waals surface area contributed by atoms with Gasteiger partial charge in [-0.3, -0.25) is 4.40 Å². The SMILES string of the molecule is CC1CCC(c2nnc3cc(Cl)ncn23)CC1. The molecule has 17 heavy (non-hydrogen) atoms. The normalized spacial score (nSPS) is 25.3. The fourth-order valence-corrected chi connectivity index (χ4v) is 2.73. The molecule has 3 rings (SSSR count). The number of aromatic nitrogens is 4. The van der Waals surface area contributed by atoms with E-state index in [0.29, 0.717) is 11.1 Å². The molecule has 5 heteroatoms. The highest BCUT2D eigenvalue weighted by Gasteiger charge is 2.23. The Morgan fingerprint density at radius 3 is 2.76 bits per heavy atom. The number of hydrogen-bond acceptors (Lipinski definition) is 3. The largest absolute Gasteiger partial charge is 0.269 e. The standard InChI is InChI=1S/C12H15ClN4/c1-8-2-4-9(5-3-8)12-16-15-11-6-10(13)14-7-17(11)12/h6-9H,2-5H2,1H3. The lowest BCUT2D eigenvalue weighted by Crippen LogP contribution is -2.13. The molecular weight excluding hydrogens is 236 g/mol. The second-order valence-corrected chi connectivity index (χ2v) is 5.34. The zero-order valence-electron chi connectivity index (χ0n) is 9.80. The van der Waals surface area contributed by atoms with Gasteiger partial charge in [-0.05, 0) is 18.8 Å². The van der Waals surface area contributed by atoms with Crippen molar-refractivity contribution < 1.29 is 0 Å². The van der Waals surface area contributed by atoms with Crippen LogP contribution in [0.15, 0.2) is 12.4 Å². The van der Waals surface area contributed by atoms with Crippen LogP contribution in [0.1, 0.15) is 44.3 Å². The first-order valence-corrected chi connectivity index (χ1v) is 6.48. The van der Waals surface area contributed by atoms with Gasteiger partial charge in [0.1, 0.15) is 17.3 Å². The van der Waals surface area contributed by atoms with Gasteiger partial charge in [0.05, 0.1) is 0 Å². The summed E-state index contributed by atoms with van der Waals surface area (Å²) in [5.41, 5.74) is 0.790.